The Kier molecular flexibility index (Phi) is 7.61. The van der Waals surface area contributed by atoms with Crippen LogP contribution in [0.25, 0.3) is 33.2 Å². The number of fused-ring (bicyclic) bond motifs is 2. The van der Waals surface area contributed by atoms with Crippen LogP contribution in [-0.4, -0.2) is 32.3 Å². The average Bonchev–Trinajstić information content (AvgIpc) is 3.42. The second-order valence-electron chi connectivity index (χ2n) is 10.2. The average molecular weight is 562 g/mol. The van der Waals surface area contributed by atoms with Gasteiger partial charge < -0.3 is 23.7 Å². The summed E-state index contributed by atoms with van der Waals surface area (Å²) in [5.41, 5.74) is 8.37. The molecule has 0 aliphatic carbocycles. The summed E-state index contributed by atoms with van der Waals surface area (Å²) in [5, 5.41) is 1.07. The fourth-order valence-electron chi connectivity index (χ4n) is 5.50. The van der Waals surface area contributed by atoms with E-state index >= 15 is 0 Å². The Hall–Kier alpha value is -4.72. The van der Waals surface area contributed by atoms with Gasteiger partial charge in [0, 0.05) is 16.5 Å². The van der Waals surface area contributed by atoms with Crippen LogP contribution in [-0.2, 0) is 27.4 Å². The van der Waals surface area contributed by atoms with Crippen LogP contribution in [0.3, 0.4) is 0 Å². The van der Waals surface area contributed by atoms with Gasteiger partial charge in [0.25, 0.3) is 0 Å². The zero-order chi connectivity index (χ0) is 29.2. The molecular weight excluding hydrogens is 530 g/mol. The maximum atomic E-state index is 12.6. The smallest absolute Gasteiger partial charge is 0.338 e. The Bertz CT molecular complexity index is 1800. The zero-order valence-electron chi connectivity index (χ0n) is 24.0. The van der Waals surface area contributed by atoms with Crippen molar-refractivity contribution in [2.75, 3.05) is 21.3 Å². The van der Waals surface area contributed by atoms with Crippen molar-refractivity contribution < 1.29 is 28.5 Å². The second kappa shape index (κ2) is 11.6. The van der Waals surface area contributed by atoms with Crippen LogP contribution in [0, 0.1) is 6.92 Å². The van der Waals surface area contributed by atoms with Crippen LogP contribution >= 0.6 is 0 Å². The van der Waals surface area contributed by atoms with Crippen LogP contribution in [0.4, 0.5) is 0 Å². The van der Waals surface area contributed by atoms with Gasteiger partial charge >= 0.3 is 5.97 Å². The number of methoxy groups -OCH3 is 3. The van der Waals surface area contributed by atoms with E-state index < -0.39 is 12.3 Å². The molecule has 0 saturated carbocycles. The summed E-state index contributed by atoms with van der Waals surface area (Å²) in [7, 11) is 4.67. The van der Waals surface area contributed by atoms with Crippen LogP contribution in [0.5, 0.6) is 11.5 Å². The lowest BCUT2D eigenvalue weighted by molar-refractivity contribution is -0.147. The van der Waals surface area contributed by atoms with Gasteiger partial charge in [-0.05, 0) is 77.2 Å². The number of carbonyl (C=O) groups excluding carboxylic acids is 1. The molecule has 0 spiro atoms. The van der Waals surface area contributed by atoms with E-state index in [2.05, 4.69) is 12.1 Å². The molecule has 7 nitrogen and oxygen atoms in total. The number of ether oxygens (including phenoxy) is 5. The van der Waals surface area contributed by atoms with E-state index in [-0.39, 0.29) is 6.61 Å². The van der Waals surface area contributed by atoms with E-state index in [1.807, 2.05) is 73.7 Å². The second-order valence-corrected chi connectivity index (χ2v) is 10.2. The summed E-state index contributed by atoms with van der Waals surface area (Å²) in [4.78, 5) is 17.5. The Morgan fingerprint density at radius 3 is 2.52 bits per heavy atom. The number of para-hydroxylation sites is 1. The molecule has 0 saturated heterocycles. The lowest BCUT2D eigenvalue weighted by Gasteiger charge is -2.20. The summed E-state index contributed by atoms with van der Waals surface area (Å²) in [6.45, 7) is 2.65. The first-order chi connectivity index (χ1) is 20.5. The molecule has 42 heavy (non-hydrogen) atoms. The number of aromatic nitrogens is 1. The van der Waals surface area contributed by atoms with E-state index in [0.29, 0.717) is 17.9 Å². The van der Waals surface area contributed by atoms with Crippen molar-refractivity contribution in [3.63, 3.8) is 0 Å². The maximum Gasteiger partial charge on any atom is 0.338 e. The van der Waals surface area contributed by atoms with E-state index in [1.54, 1.807) is 20.3 Å². The SMILES string of the molecule is COC(=O)c1ccccc1-c1cc(COC2OCc3cc4ccccc4nc32)c(-c2cc(C)cc(OC)c2)c(OC)c1. The molecule has 212 valence electrons. The fraction of sp³-hybridized carbons (Fsp3) is 0.200. The number of nitrogens with zero attached hydrogens (tertiary/aromatic N) is 1. The van der Waals surface area contributed by atoms with Gasteiger partial charge in [-0.3, -0.25) is 0 Å². The summed E-state index contributed by atoms with van der Waals surface area (Å²) in [5.74, 6) is 0.961. The van der Waals surface area contributed by atoms with Crippen molar-refractivity contribution in [2.45, 2.75) is 26.4 Å². The molecule has 0 amide bonds. The normalized spacial score (nSPS) is 14.0. The van der Waals surface area contributed by atoms with Gasteiger partial charge in [-0.2, -0.15) is 0 Å². The van der Waals surface area contributed by atoms with Crippen LogP contribution < -0.4 is 9.47 Å². The number of benzene rings is 4. The Balaban J connectivity index is 1.45. The lowest BCUT2D eigenvalue weighted by atomic mass is 9.91. The van der Waals surface area contributed by atoms with Gasteiger partial charge in [0.05, 0.1) is 45.6 Å². The third-order valence-corrected chi connectivity index (χ3v) is 7.46. The highest BCUT2D eigenvalue weighted by molar-refractivity contribution is 5.98. The lowest BCUT2D eigenvalue weighted by Crippen LogP contribution is -2.07. The summed E-state index contributed by atoms with van der Waals surface area (Å²) in [6, 6.07) is 27.5. The van der Waals surface area contributed by atoms with Crippen molar-refractivity contribution in [3.05, 3.63) is 113 Å². The Morgan fingerprint density at radius 1 is 0.905 bits per heavy atom. The number of rotatable bonds is 8. The topological polar surface area (TPSA) is 76.1 Å². The standard InChI is InChI=1S/C35H31NO6/c1-21-13-24(17-27(14-21)38-2)32-25(16-23(18-31(32)39-3)28-10-6-7-11-29(28)34(37)40-4)19-41-35-33-26(20-42-35)15-22-9-5-8-12-30(22)36-33/h5-18,35H,19-20H2,1-4H3. The predicted octanol–water partition coefficient (Wildman–Crippen LogP) is 7.43. The molecule has 1 unspecified atom stereocenters. The molecule has 5 aromatic rings. The van der Waals surface area contributed by atoms with Gasteiger partial charge in [-0.15, -0.1) is 0 Å². The Labute approximate surface area is 244 Å². The number of pyridine rings is 1. The van der Waals surface area contributed by atoms with Crippen molar-refractivity contribution in [3.8, 4) is 33.8 Å². The summed E-state index contributed by atoms with van der Waals surface area (Å²) in [6.07, 6.45) is -0.624. The molecule has 1 aliphatic rings. The largest absolute Gasteiger partial charge is 0.497 e. The molecule has 7 heteroatoms. The third-order valence-electron chi connectivity index (χ3n) is 7.46. The van der Waals surface area contributed by atoms with Crippen LogP contribution in [0.1, 0.15) is 39.0 Å². The third kappa shape index (κ3) is 5.20. The monoisotopic (exact) mass is 561 g/mol. The number of carbonyl (C=O) groups is 1. The Morgan fingerprint density at radius 2 is 1.71 bits per heavy atom. The molecule has 0 fully saturated rings. The first kappa shape index (κ1) is 27.4. The van der Waals surface area contributed by atoms with Gasteiger partial charge in [0.2, 0.25) is 6.29 Å². The number of hydrogen-bond donors (Lipinski definition) is 0. The number of esters is 1. The van der Waals surface area contributed by atoms with Crippen molar-refractivity contribution >= 4 is 16.9 Å². The predicted molar refractivity (Wildman–Crippen MR) is 161 cm³/mol. The number of aryl methyl sites for hydroxylation is 1. The highest BCUT2D eigenvalue weighted by atomic mass is 16.7. The van der Waals surface area contributed by atoms with Gasteiger partial charge in [0.1, 0.15) is 17.2 Å². The molecule has 0 bridgehead atoms. The van der Waals surface area contributed by atoms with Crippen LogP contribution in [0.15, 0.2) is 84.9 Å². The molecule has 0 N–H and O–H groups in total. The fourth-order valence-corrected chi connectivity index (χ4v) is 5.50. The van der Waals surface area contributed by atoms with Crippen molar-refractivity contribution in [1.29, 1.82) is 0 Å². The maximum absolute atomic E-state index is 12.6. The minimum Gasteiger partial charge on any atom is -0.497 e. The van der Waals surface area contributed by atoms with Gasteiger partial charge in [0.15, 0.2) is 0 Å². The summed E-state index contributed by atoms with van der Waals surface area (Å²) < 4.78 is 29.1. The minimum absolute atomic E-state index is 0.203. The molecule has 1 aliphatic heterocycles. The molecule has 6 rings (SSSR count). The van der Waals surface area contributed by atoms with Crippen LogP contribution in [0.2, 0.25) is 0 Å². The van der Waals surface area contributed by atoms with Crippen molar-refractivity contribution in [1.82, 2.24) is 4.98 Å². The van der Waals surface area contributed by atoms with E-state index in [9.17, 15) is 4.79 Å². The highest BCUT2D eigenvalue weighted by Crippen LogP contribution is 2.42. The summed E-state index contributed by atoms with van der Waals surface area (Å²) >= 11 is 0. The number of hydrogen-bond acceptors (Lipinski definition) is 7. The molecule has 1 atom stereocenters. The highest BCUT2D eigenvalue weighted by Gasteiger charge is 2.27. The van der Waals surface area contributed by atoms with E-state index in [0.717, 1.165) is 61.3 Å². The molecular formula is C35H31NO6. The van der Waals surface area contributed by atoms with E-state index in [4.69, 9.17) is 28.7 Å². The molecule has 0 radical (unpaired) electrons. The first-order valence-electron chi connectivity index (χ1n) is 13.7. The molecule has 4 aromatic carbocycles. The van der Waals surface area contributed by atoms with Gasteiger partial charge in [-0.25, -0.2) is 9.78 Å². The van der Waals surface area contributed by atoms with Gasteiger partial charge in [-0.1, -0.05) is 42.5 Å². The molecule has 1 aromatic heterocycles. The molecule has 2 heterocycles. The minimum atomic E-state index is -0.624. The first-order valence-corrected chi connectivity index (χ1v) is 13.7. The zero-order valence-corrected chi connectivity index (χ0v) is 24.0. The quantitative estimate of drug-likeness (QED) is 0.182. The van der Waals surface area contributed by atoms with Crippen molar-refractivity contribution in [2.24, 2.45) is 0 Å². The van der Waals surface area contributed by atoms with E-state index in [1.165, 1.54) is 7.11 Å².